The van der Waals surface area contributed by atoms with Crippen molar-refractivity contribution < 1.29 is 18.7 Å². The van der Waals surface area contributed by atoms with Crippen molar-refractivity contribution in [3.05, 3.63) is 60.8 Å². The predicted molar refractivity (Wildman–Crippen MR) is 127 cm³/mol. The number of nitrogens with one attached hydrogen (secondary N) is 2. The highest BCUT2D eigenvalue weighted by atomic mass is 35.5. The molecule has 0 aliphatic heterocycles. The molecule has 9 nitrogen and oxygen atoms in total. The number of carbonyl (C=O) groups is 1. The third-order valence-electron chi connectivity index (χ3n) is 4.70. The third kappa shape index (κ3) is 5.90. The van der Waals surface area contributed by atoms with E-state index in [1.807, 2.05) is 6.07 Å². The number of amides is 1. The van der Waals surface area contributed by atoms with Gasteiger partial charge in [0.15, 0.2) is 11.5 Å². The molecule has 176 valence electrons. The Morgan fingerprint density at radius 3 is 2.85 bits per heavy atom. The van der Waals surface area contributed by atoms with Gasteiger partial charge in [0.05, 0.1) is 31.1 Å². The van der Waals surface area contributed by atoms with Crippen LogP contribution >= 0.6 is 11.6 Å². The van der Waals surface area contributed by atoms with Crippen molar-refractivity contribution in [2.75, 3.05) is 30.2 Å². The number of anilines is 3. The Morgan fingerprint density at radius 1 is 1.18 bits per heavy atom. The number of fused-ring (bicyclic) bond motifs is 1. The normalized spacial score (nSPS) is 10.8. The molecule has 2 aromatic carbocycles. The van der Waals surface area contributed by atoms with Gasteiger partial charge in [0.2, 0.25) is 11.9 Å². The lowest BCUT2D eigenvalue weighted by Crippen LogP contribution is -2.19. The lowest BCUT2D eigenvalue weighted by atomic mass is 10.2. The fraction of sp³-hybridized carbons (Fsp3) is 0.217. The van der Waals surface area contributed by atoms with Crippen molar-refractivity contribution in [1.29, 1.82) is 0 Å². The summed E-state index contributed by atoms with van der Waals surface area (Å²) >= 11 is 5.72. The average Bonchev–Trinajstić information content (AvgIpc) is 3.25. The van der Waals surface area contributed by atoms with Crippen LogP contribution in [0, 0.1) is 5.82 Å². The second-order valence-corrected chi connectivity index (χ2v) is 7.63. The smallest absolute Gasteiger partial charge is 0.246 e. The van der Waals surface area contributed by atoms with Crippen LogP contribution in [0.4, 0.5) is 21.7 Å². The van der Waals surface area contributed by atoms with Crippen molar-refractivity contribution >= 4 is 45.7 Å². The van der Waals surface area contributed by atoms with E-state index >= 15 is 0 Å². The van der Waals surface area contributed by atoms with Crippen LogP contribution in [0.5, 0.6) is 11.5 Å². The lowest BCUT2D eigenvalue weighted by Gasteiger charge is -2.12. The van der Waals surface area contributed by atoms with Gasteiger partial charge in [0.25, 0.3) is 0 Å². The van der Waals surface area contributed by atoms with E-state index in [-0.39, 0.29) is 12.5 Å². The van der Waals surface area contributed by atoms with Crippen molar-refractivity contribution in [1.82, 2.24) is 19.7 Å². The number of aromatic nitrogens is 4. The maximum atomic E-state index is 13.3. The molecule has 0 atom stereocenters. The monoisotopic (exact) mass is 484 g/mol. The van der Waals surface area contributed by atoms with Gasteiger partial charge in [-0.25, -0.2) is 14.4 Å². The van der Waals surface area contributed by atoms with Crippen LogP contribution in [0.15, 0.2) is 55.0 Å². The van der Waals surface area contributed by atoms with Gasteiger partial charge >= 0.3 is 0 Å². The molecule has 11 heteroatoms. The highest BCUT2D eigenvalue weighted by molar-refractivity contribution is 6.17. The van der Waals surface area contributed by atoms with Crippen molar-refractivity contribution in [2.45, 2.75) is 13.0 Å². The van der Waals surface area contributed by atoms with Crippen LogP contribution in [-0.2, 0) is 11.3 Å². The van der Waals surface area contributed by atoms with Crippen molar-refractivity contribution in [2.24, 2.45) is 0 Å². The van der Waals surface area contributed by atoms with Gasteiger partial charge in [-0.15, -0.1) is 11.6 Å². The molecule has 4 aromatic rings. The summed E-state index contributed by atoms with van der Waals surface area (Å²) in [5.74, 6) is 1.26. The van der Waals surface area contributed by atoms with E-state index in [1.54, 1.807) is 37.8 Å². The van der Waals surface area contributed by atoms with E-state index in [4.69, 9.17) is 21.1 Å². The summed E-state index contributed by atoms with van der Waals surface area (Å²) in [7, 11) is 1.57. The van der Waals surface area contributed by atoms with E-state index in [0.29, 0.717) is 53.2 Å². The number of hydrogen-bond donors (Lipinski definition) is 2. The number of benzene rings is 2. The predicted octanol–water partition coefficient (Wildman–Crippen LogP) is 4.36. The Balaban J connectivity index is 1.43. The molecule has 0 aliphatic rings. The summed E-state index contributed by atoms with van der Waals surface area (Å²) in [6.45, 7) is 0.424. The van der Waals surface area contributed by atoms with E-state index in [9.17, 15) is 9.18 Å². The topological polar surface area (TPSA) is 103 Å². The van der Waals surface area contributed by atoms with Crippen LogP contribution in [0.25, 0.3) is 10.9 Å². The van der Waals surface area contributed by atoms with E-state index in [0.717, 1.165) is 5.39 Å². The molecule has 0 radical (unpaired) electrons. The molecule has 2 aromatic heterocycles. The van der Waals surface area contributed by atoms with E-state index in [2.05, 4.69) is 25.7 Å². The second kappa shape index (κ2) is 10.8. The Bertz CT molecular complexity index is 1300. The molecule has 0 bridgehead atoms. The Morgan fingerprint density at radius 2 is 2.06 bits per heavy atom. The SMILES string of the molecule is COc1cc2cnc(Nc3cnn(CC(=O)Nc4cccc(F)c4)c3)nc2cc1OCCCCl. The minimum absolute atomic E-state index is 0.0421. The maximum Gasteiger partial charge on any atom is 0.246 e. The van der Waals surface area contributed by atoms with E-state index < -0.39 is 5.82 Å². The van der Waals surface area contributed by atoms with Gasteiger partial charge in [0.1, 0.15) is 12.4 Å². The molecule has 2 N–H and O–H groups in total. The van der Waals surface area contributed by atoms with Crippen LogP contribution in [0.1, 0.15) is 6.42 Å². The zero-order valence-corrected chi connectivity index (χ0v) is 19.1. The number of carbonyl (C=O) groups excluding carboxylic acids is 1. The molecule has 4 rings (SSSR count). The first-order valence-electron chi connectivity index (χ1n) is 10.4. The summed E-state index contributed by atoms with van der Waals surface area (Å²) in [6, 6.07) is 9.28. The molecular formula is C23H22ClFN6O3. The van der Waals surface area contributed by atoms with Crippen LogP contribution in [-0.4, -0.2) is 45.3 Å². The highest BCUT2D eigenvalue weighted by Gasteiger charge is 2.11. The van der Waals surface area contributed by atoms with Gasteiger partial charge in [-0.2, -0.15) is 5.10 Å². The van der Waals surface area contributed by atoms with Crippen molar-refractivity contribution in [3.63, 3.8) is 0 Å². The first kappa shape index (κ1) is 23.2. The summed E-state index contributed by atoms with van der Waals surface area (Å²) in [4.78, 5) is 21.1. The highest BCUT2D eigenvalue weighted by Crippen LogP contribution is 2.32. The zero-order chi connectivity index (χ0) is 23.9. The molecule has 2 heterocycles. The molecule has 0 fully saturated rings. The quantitative estimate of drug-likeness (QED) is 0.254. The number of nitrogens with zero attached hydrogens (tertiary/aromatic N) is 4. The van der Waals surface area contributed by atoms with Crippen LogP contribution < -0.4 is 20.1 Å². The lowest BCUT2D eigenvalue weighted by molar-refractivity contribution is -0.116. The first-order chi connectivity index (χ1) is 16.5. The number of methoxy groups -OCH3 is 1. The van der Waals surface area contributed by atoms with Gasteiger partial charge < -0.3 is 20.1 Å². The van der Waals surface area contributed by atoms with Crippen molar-refractivity contribution in [3.8, 4) is 11.5 Å². The minimum Gasteiger partial charge on any atom is -0.493 e. The minimum atomic E-state index is -0.425. The van der Waals surface area contributed by atoms with Gasteiger partial charge in [-0.1, -0.05) is 6.07 Å². The molecule has 0 saturated heterocycles. The third-order valence-corrected chi connectivity index (χ3v) is 4.97. The number of ether oxygens (including phenoxy) is 2. The summed E-state index contributed by atoms with van der Waals surface area (Å²) in [6.07, 6.45) is 5.58. The fourth-order valence-corrected chi connectivity index (χ4v) is 3.27. The number of alkyl halides is 1. The molecule has 0 unspecified atom stereocenters. The summed E-state index contributed by atoms with van der Waals surface area (Å²) in [5.41, 5.74) is 1.65. The molecule has 34 heavy (non-hydrogen) atoms. The summed E-state index contributed by atoms with van der Waals surface area (Å²) < 4.78 is 25.9. The fourth-order valence-electron chi connectivity index (χ4n) is 3.17. The first-order valence-corrected chi connectivity index (χ1v) is 11.0. The number of halogens is 2. The summed E-state index contributed by atoms with van der Waals surface area (Å²) in [5, 5.41) is 10.7. The molecule has 1 amide bonds. The van der Waals surface area contributed by atoms with Crippen LogP contribution in [0.2, 0.25) is 0 Å². The number of hydrogen-bond acceptors (Lipinski definition) is 7. The van der Waals surface area contributed by atoms with Gasteiger partial charge in [0, 0.05) is 35.4 Å². The number of rotatable bonds is 10. The molecular weight excluding hydrogens is 463 g/mol. The second-order valence-electron chi connectivity index (χ2n) is 7.26. The Hall–Kier alpha value is -3.92. The maximum absolute atomic E-state index is 13.3. The Kier molecular flexibility index (Phi) is 7.38. The molecule has 0 aliphatic carbocycles. The van der Waals surface area contributed by atoms with E-state index in [1.165, 1.54) is 22.9 Å². The molecule has 0 saturated carbocycles. The van der Waals surface area contributed by atoms with Gasteiger partial charge in [-0.3, -0.25) is 9.48 Å². The Labute approximate surface area is 199 Å². The molecule has 0 spiro atoms. The zero-order valence-electron chi connectivity index (χ0n) is 18.3. The van der Waals surface area contributed by atoms with Gasteiger partial charge in [-0.05, 0) is 30.7 Å². The largest absolute Gasteiger partial charge is 0.493 e. The standard InChI is InChI=1S/C23H22ClFN6O3/c1-33-20-8-15-11-26-23(30-19(15)10-21(20)34-7-3-6-24)29-18-12-27-31(13-18)14-22(32)28-17-5-2-4-16(25)9-17/h2,4-5,8-13H,3,6-7,14H2,1H3,(H,28,32)(H,26,29,30). The average molecular weight is 485 g/mol. The van der Waals surface area contributed by atoms with Crippen LogP contribution in [0.3, 0.4) is 0 Å².